The molecule has 0 unspecified atom stereocenters. The maximum atomic E-state index is 12.3. The predicted octanol–water partition coefficient (Wildman–Crippen LogP) is 3.85. The van der Waals surface area contributed by atoms with Gasteiger partial charge >= 0.3 is 5.63 Å². The molecule has 29 heavy (non-hydrogen) atoms. The summed E-state index contributed by atoms with van der Waals surface area (Å²) in [6.45, 7) is 3.61. The number of ether oxygens (including phenoxy) is 1. The Hall–Kier alpha value is -3.12. The fraction of sp³-hybridized carbons (Fsp3) is 0.304. The van der Waals surface area contributed by atoms with E-state index in [-0.39, 0.29) is 0 Å². The first-order valence-electron chi connectivity index (χ1n) is 9.88. The van der Waals surface area contributed by atoms with E-state index < -0.39 is 11.2 Å². The molecule has 0 aliphatic carbocycles. The Labute approximate surface area is 167 Å². The standard InChI is InChI=1S/C23H22N2O4/c1-14-21-17(16(12-20(26)28-21)15-5-3-2-4-6-15)11-18-19(25-27)13-23(29-22(14)18)7-9-24-10-8-23/h2-6,11-12,24,27H,7-10,13H2,1H3/b25-19+. The maximum Gasteiger partial charge on any atom is 0.336 e. The van der Waals surface area contributed by atoms with E-state index in [1.807, 2.05) is 43.3 Å². The van der Waals surface area contributed by atoms with Gasteiger partial charge in [0.1, 0.15) is 16.9 Å². The molecule has 0 bridgehead atoms. The van der Waals surface area contributed by atoms with E-state index in [2.05, 4.69) is 10.5 Å². The third-order valence-electron chi connectivity index (χ3n) is 6.05. The normalized spacial score (nSPS) is 19.3. The van der Waals surface area contributed by atoms with Crippen LogP contribution in [0.2, 0.25) is 0 Å². The third-order valence-corrected chi connectivity index (χ3v) is 6.05. The van der Waals surface area contributed by atoms with Crippen molar-refractivity contribution < 1.29 is 14.4 Å². The van der Waals surface area contributed by atoms with Crippen LogP contribution >= 0.6 is 0 Å². The zero-order chi connectivity index (χ0) is 20.0. The first kappa shape index (κ1) is 17.9. The van der Waals surface area contributed by atoms with Crippen LogP contribution in [-0.2, 0) is 0 Å². The zero-order valence-electron chi connectivity index (χ0n) is 16.2. The van der Waals surface area contributed by atoms with E-state index in [0.29, 0.717) is 23.5 Å². The number of hydrogen-bond acceptors (Lipinski definition) is 6. The molecule has 0 atom stereocenters. The van der Waals surface area contributed by atoms with Crippen LogP contribution < -0.4 is 15.7 Å². The molecule has 2 aliphatic heterocycles. The van der Waals surface area contributed by atoms with Gasteiger partial charge in [-0.15, -0.1) is 0 Å². The largest absolute Gasteiger partial charge is 0.486 e. The van der Waals surface area contributed by atoms with Crippen LogP contribution in [0.5, 0.6) is 5.75 Å². The van der Waals surface area contributed by atoms with Gasteiger partial charge in [0.05, 0.1) is 5.71 Å². The second-order valence-corrected chi connectivity index (χ2v) is 7.86. The van der Waals surface area contributed by atoms with Gasteiger partial charge in [-0.05, 0) is 37.2 Å². The minimum atomic E-state index is -0.400. The van der Waals surface area contributed by atoms with Gasteiger partial charge in [-0.3, -0.25) is 0 Å². The van der Waals surface area contributed by atoms with E-state index in [4.69, 9.17) is 9.15 Å². The van der Waals surface area contributed by atoms with E-state index in [1.165, 1.54) is 6.07 Å². The molecule has 2 aromatic carbocycles. The number of hydrogen-bond donors (Lipinski definition) is 2. The van der Waals surface area contributed by atoms with E-state index >= 15 is 0 Å². The van der Waals surface area contributed by atoms with Gasteiger partial charge in [0.25, 0.3) is 0 Å². The van der Waals surface area contributed by atoms with Crippen molar-refractivity contribution in [2.75, 3.05) is 13.1 Å². The van der Waals surface area contributed by atoms with Crippen molar-refractivity contribution in [2.45, 2.75) is 31.8 Å². The molecule has 3 heterocycles. The lowest BCUT2D eigenvalue weighted by Gasteiger charge is -2.42. The first-order chi connectivity index (χ1) is 14.1. The average molecular weight is 390 g/mol. The third kappa shape index (κ3) is 2.91. The molecule has 6 heteroatoms. The van der Waals surface area contributed by atoms with E-state index in [9.17, 15) is 10.0 Å². The van der Waals surface area contributed by atoms with Crippen molar-refractivity contribution in [2.24, 2.45) is 5.16 Å². The minimum Gasteiger partial charge on any atom is -0.486 e. The van der Waals surface area contributed by atoms with Gasteiger partial charge in [0.2, 0.25) is 0 Å². The predicted molar refractivity (Wildman–Crippen MR) is 111 cm³/mol. The monoisotopic (exact) mass is 390 g/mol. The Balaban J connectivity index is 1.78. The van der Waals surface area contributed by atoms with Gasteiger partial charge in [-0.2, -0.15) is 0 Å². The average Bonchev–Trinajstić information content (AvgIpc) is 2.75. The Morgan fingerprint density at radius 1 is 1.10 bits per heavy atom. The van der Waals surface area contributed by atoms with Crippen molar-refractivity contribution in [3.8, 4) is 16.9 Å². The Kier molecular flexibility index (Phi) is 4.17. The highest BCUT2D eigenvalue weighted by Gasteiger charge is 2.42. The van der Waals surface area contributed by atoms with Crippen molar-refractivity contribution in [3.05, 3.63) is 64.0 Å². The fourth-order valence-corrected chi connectivity index (χ4v) is 4.55. The second kappa shape index (κ2) is 6.74. The van der Waals surface area contributed by atoms with Gasteiger partial charge in [-0.1, -0.05) is 35.5 Å². The molecule has 0 radical (unpaired) electrons. The van der Waals surface area contributed by atoms with Gasteiger partial charge in [0.15, 0.2) is 0 Å². The second-order valence-electron chi connectivity index (χ2n) is 7.86. The molecule has 1 spiro atoms. The van der Waals surface area contributed by atoms with Gasteiger partial charge in [0, 0.05) is 41.8 Å². The Morgan fingerprint density at radius 2 is 1.86 bits per heavy atom. The Morgan fingerprint density at radius 3 is 2.59 bits per heavy atom. The smallest absolute Gasteiger partial charge is 0.336 e. The number of piperidine rings is 1. The highest BCUT2D eigenvalue weighted by molar-refractivity contribution is 6.09. The molecule has 0 saturated carbocycles. The van der Waals surface area contributed by atoms with E-state index in [0.717, 1.165) is 53.6 Å². The molecular formula is C23H22N2O4. The van der Waals surface area contributed by atoms with Gasteiger partial charge < -0.3 is 19.7 Å². The number of nitrogens with one attached hydrogen (secondary N) is 1. The summed E-state index contributed by atoms with van der Waals surface area (Å²) in [5, 5.41) is 17.6. The number of fused-ring (bicyclic) bond motifs is 2. The number of oxime groups is 1. The lowest BCUT2D eigenvalue weighted by molar-refractivity contribution is 0.0372. The summed E-state index contributed by atoms with van der Waals surface area (Å²) < 4.78 is 12.1. The SMILES string of the molecule is Cc1c2c(cc3c(-c4ccccc4)cc(=O)oc13)/C(=N/O)CC1(CCNCC1)O2. The zero-order valence-corrected chi connectivity index (χ0v) is 16.2. The first-order valence-corrected chi connectivity index (χ1v) is 9.88. The molecule has 2 N–H and O–H groups in total. The molecular weight excluding hydrogens is 368 g/mol. The van der Waals surface area contributed by atoms with Crippen LogP contribution in [0.15, 0.2) is 56.8 Å². The van der Waals surface area contributed by atoms with Crippen LogP contribution in [-0.4, -0.2) is 29.6 Å². The van der Waals surface area contributed by atoms with Crippen LogP contribution in [0.25, 0.3) is 22.1 Å². The highest BCUT2D eigenvalue weighted by Crippen LogP contribution is 2.44. The summed E-state index contributed by atoms with van der Waals surface area (Å²) in [6, 6.07) is 13.2. The number of benzene rings is 2. The topological polar surface area (TPSA) is 84.1 Å². The van der Waals surface area contributed by atoms with E-state index in [1.54, 1.807) is 0 Å². The summed E-state index contributed by atoms with van der Waals surface area (Å²) in [7, 11) is 0. The van der Waals surface area contributed by atoms with Gasteiger partial charge in [-0.25, -0.2) is 4.79 Å². The maximum absolute atomic E-state index is 12.3. The van der Waals surface area contributed by atoms with Crippen molar-refractivity contribution >= 4 is 16.7 Å². The fourth-order valence-electron chi connectivity index (χ4n) is 4.55. The molecule has 1 saturated heterocycles. The van der Waals surface area contributed by atoms with Crippen LogP contribution in [0, 0.1) is 6.92 Å². The number of nitrogens with zero attached hydrogens (tertiary/aromatic N) is 1. The lowest BCUT2D eigenvalue weighted by atomic mass is 9.81. The molecule has 6 nitrogen and oxygen atoms in total. The molecule has 148 valence electrons. The summed E-state index contributed by atoms with van der Waals surface area (Å²) in [4.78, 5) is 12.3. The molecule has 5 rings (SSSR count). The summed E-state index contributed by atoms with van der Waals surface area (Å²) >= 11 is 0. The van der Waals surface area contributed by atoms with Crippen LogP contribution in [0.1, 0.15) is 30.4 Å². The quantitative estimate of drug-likeness (QED) is 0.375. The molecule has 3 aromatic rings. The Bertz CT molecular complexity index is 1170. The van der Waals surface area contributed by atoms with Crippen molar-refractivity contribution in [1.82, 2.24) is 5.32 Å². The summed E-state index contributed by atoms with van der Waals surface area (Å²) in [5.74, 6) is 0.645. The highest BCUT2D eigenvalue weighted by atomic mass is 16.5. The molecule has 1 aromatic heterocycles. The number of aryl methyl sites for hydroxylation is 1. The summed E-state index contributed by atoms with van der Waals surface area (Å²) in [6.07, 6.45) is 2.22. The number of rotatable bonds is 1. The van der Waals surface area contributed by atoms with Crippen molar-refractivity contribution in [1.29, 1.82) is 0 Å². The molecule has 1 fully saturated rings. The van der Waals surface area contributed by atoms with Crippen LogP contribution in [0.4, 0.5) is 0 Å². The van der Waals surface area contributed by atoms with Crippen LogP contribution in [0.3, 0.4) is 0 Å². The summed E-state index contributed by atoms with van der Waals surface area (Å²) in [5.41, 5.74) is 3.57. The minimum absolute atomic E-state index is 0.393. The lowest BCUT2D eigenvalue weighted by Crippen LogP contribution is -2.50. The molecule has 2 aliphatic rings. The molecule has 0 amide bonds. The van der Waals surface area contributed by atoms with Crippen molar-refractivity contribution in [3.63, 3.8) is 0 Å².